The fourth-order valence-electron chi connectivity index (χ4n) is 2.31. The molecule has 0 N–H and O–H groups in total. The molecular weight excluding hydrogens is 316 g/mol. The van der Waals surface area contributed by atoms with Gasteiger partial charge in [0.25, 0.3) is 0 Å². The van der Waals surface area contributed by atoms with Crippen LogP contribution in [0.3, 0.4) is 0 Å². The third-order valence-corrected chi connectivity index (χ3v) is 3.64. The van der Waals surface area contributed by atoms with Crippen molar-refractivity contribution in [1.82, 2.24) is 15.1 Å². The zero-order valence-corrected chi connectivity index (χ0v) is 13.8. The monoisotopic (exact) mass is 335 g/mol. The van der Waals surface area contributed by atoms with E-state index in [4.69, 9.17) is 4.74 Å². The van der Waals surface area contributed by atoms with E-state index < -0.39 is 0 Å². The van der Waals surface area contributed by atoms with Crippen molar-refractivity contribution in [2.45, 2.75) is 26.0 Å². The molecule has 3 aromatic rings. The highest BCUT2D eigenvalue weighted by Crippen LogP contribution is 2.11. The zero-order chi connectivity index (χ0) is 17.3. The Bertz CT molecular complexity index is 793. The molecule has 0 atom stereocenters. The summed E-state index contributed by atoms with van der Waals surface area (Å²) >= 11 is 0. The summed E-state index contributed by atoms with van der Waals surface area (Å²) in [5.41, 5.74) is 2.68. The van der Waals surface area contributed by atoms with Crippen LogP contribution in [0.15, 0.2) is 67.4 Å². The van der Waals surface area contributed by atoms with Crippen molar-refractivity contribution in [3.63, 3.8) is 0 Å². The lowest BCUT2D eigenvalue weighted by Crippen LogP contribution is -2.37. The Morgan fingerprint density at radius 2 is 1.96 bits per heavy atom. The van der Waals surface area contributed by atoms with Gasteiger partial charge < -0.3 is 4.74 Å². The standard InChI is InChI=1S/C19H19N4O2/c24-19(25-15-16-5-2-1-3-6-16)7-4-11-23-12-8-17(13-22-23)18-14-20-9-10-21-18/h1-3,5-6,8-10,12-14H,4,7,11,15H2/q+1. The molecular formula is C19H19N4O2+. The third kappa shape index (κ3) is 5.17. The molecule has 0 bridgehead atoms. The Morgan fingerprint density at radius 3 is 2.68 bits per heavy atom. The van der Waals surface area contributed by atoms with Crippen molar-refractivity contribution in [2.75, 3.05) is 0 Å². The SMILES string of the molecule is O=C(CCC[n+]1ccc(-c2cnccn2)cn1)OCc1ccccc1. The van der Waals surface area contributed by atoms with Crippen molar-refractivity contribution < 1.29 is 14.2 Å². The Balaban J connectivity index is 1.42. The number of carbonyl (C=O) groups excluding carboxylic acids is 1. The lowest BCUT2D eigenvalue weighted by molar-refractivity contribution is -0.754. The van der Waals surface area contributed by atoms with Crippen molar-refractivity contribution >= 4 is 5.97 Å². The number of rotatable bonds is 7. The minimum Gasteiger partial charge on any atom is -0.461 e. The summed E-state index contributed by atoms with van der Waals surface area (Å²) in [4.78, 5) is 20.1. The Hall–Kier alpha value is -3.15. The van der Waals surface area contributed by atoms with Crippen LogP contribution in [0.2, 0.25) is 0 Å². The minimum atomic E-state index is -0.194. The number of carbonyl (C=O) groups is 1. The van der Waals surface area contributed by atoms with Crippen molar-refractivity contribution in [3.05, 3.63) is 72.9 Å². The quantitative estimate of drug-likeness (QED) is 0.490. The van der Waals surface area contributed by atoms with Gasteiger partial charge in [-0.15, -0.1) is 0 Å². The molecule has 0 aliphatic carbocycles. The van der Waals surface area contributed by atoms with E-state index in [1.54, 1.807) is 29.5 Å². The Labute approximate surface area is 146 Å². The van der Waals surface area contributed by atoms with Gasteiger partial charge >= 0.3 is 5.97 Å². The van der Waals surface area contributed by atoms with E-state index in [-0.39, 0.29) is 5.97 Å². The van der Waals surface area contributed by atoms with Gasteiger partial charge in [0, 0.05) is 30.4 Å². The van der Waals surface area contributed by atoms with Crippen LogP contribution in [-0.2, 0) is 22.7 Å². The molecule has 1 aromatic carbocycles. The van der Waals surface area contributed by atoms with Gasteiger partial charge in [-0.05, 0) is 10.7 Å². The molecule has 0 fully saturated rings. The molecule has 6 nitrogen and oxygen atoms in total. The van der Waals surface area contributed by atoms with E-state index in [1.165, 1.54) is 0 Å². The van der Waals surface area contributed by atoms with E-state index in [1.807, 2.05) is 42.6 Å². The van der Waals surface area contributed by atoms with Gasteiger partial charge in [-0.1, -0.05) is 35.0 Å². The number of esters is 1. The van der Waals surface area contributed by atoms with E-state index >= 15 is 0 Å². The van der Waals surface area contributed by atoms with Gasteiger partial charge in [-0.3, -0.25) is 14.8 Å². The van der Waals surface area contributed by atoms with Crippen LogP contribution < -0.4 is 4.68 Å². The van der Waals surface area contributed by atoms with Gasteiger partial charge in [0.05, 0.1) is 18.3 Å². The number of ether oxygens (including phenoxy) is 1. The average Bonchev–Trinajstić information content (AvgIpc) is 2.68. The first kappa shape index (κ1) is 16.7. The molecule has 25 heavy (non-hydrogen) atoms. The summed E-state index contributed by atoms with van der Waals surface area (Å²) < 4.78 is 7.06. The Kier molecular flexibility index (Phi) is 5.77. The number of nitrogens with zero attached hydrogens (tertiary/aromatic N) is 4. The minimum absolute atomic E-state index is 0.194. The molecule has 0 saturated carbocycles. The molecule has 2 aromatic heterocycles. The van der Waals surface area contributed by atoms with Crippen LogP contribution >= 0.6 is 0 Å². The highest BCUT2D eigenvalue weighted by molar-refractivity contribution is 5.69. The molecule has 126 valence electrons. The molecule has 0 radical (unpaired) electrons. The van der Waals surface area contributed by atoms with E-state index in [9.17, 15) is 4.79 Å². The fraction of sp³-hybridized carbons (Fsp3) is 0.211. The molecule has 0 aliphatic rings. The first-order chi connectivity index (χ1) is 12.3. The van der Waals surface area contributed by atoms with Crippen molar-refractivity contribution in [2.24, 2.45) is 0 Å². The number of benzene rings is 1. The van der Waals surface area contributed by atoms with Crippen LogP contribution in [0.5, 0.6) is 0 Å². The summed E-state index contributed by atoms with van der Waals surface area (Å²) in [6.07, 6.45) is 9.65. The summed E-state index contributed by atoms with van der Waals surface area (Å²) in [5, 5.41) is 4.34. The van der Waals surface area contributed by atoms with Gasteiger partial charge in [-0.2, -0.15) is 0 Å². The molecule has 3 rings (SSSR count). The van der Waals surface area contributed by atoms with Crippen LogP contribution in [-0.4, -0.2) is 21.0 Å². The molecule has 0 saturated heterocycles. The number of hydrogen-bond acceptors (Lipinski definition) is 5. The van der Waals surface area contributed by atoms with E-state index in [0.29, 0.717) is 26.0 Å². The maximum absolute atomic E-state index is 11.8. The van der Waals surface area contributed by atoms with Gasteiger partial charge in [-0.25, -0.2) is 0 Å². The molecule has 2 heterocycles. The normalized spacial score (nSPS) is 10.4. The zero-order valence-electron chi connectivity index (χ0n) is 13.8. The summed E-state index contributed by atoms with van der Waals surface area (Å²) in [6.45, 7) is 0.971. The average molecular weight is 335 g/mol. The van der Waals surface area contributed by atoms with Crippen molar-refractivity contribution in [1.29, 1.82) is 0 Å². The Morgan fingerprint density at radius 1 is 1.08 bits per heavy atom. The van der Waals surface area contributed by atoms with Crippen LogP contribution in [0.4, 0.5) is 0 Å². The number of aryl methyl sites for hydroxylation is 1. The first-order valence-electron chi connectivity index (χ1n) is 8.13. The van der Waals surface area contributed by atoms with Crippen molar-refractivity contribution in [3.8, 4) is 11.3 Å². The smallest absolute Gasteiger partial charge is 0.306 e. The molecule has 0 unspecified atom stereocenters. The molecule has 6 heteroatoms. The van der Waals surface area contributed by atoms with Gasteiger partial charge in [0.15, 0.2) is 12.7 Å². The predicted octanol–water partition coefficient (Wildman–Crippen LogP) is 2.35. The number of aromatic nitrogens is 4. The molecule has 0 amide bonds. The number of hydrogen-bond donors (Lipinski definition) is 0. The highest BCUT2D eigenvalue weighted by Gasteiger charge is 2.09. The highest BCUT2D eigenvalue weighted by atomic mass is 16.5. The van der Waals surface area contributed by atoms with Crippen LogP contribution in [0.1, 0.15) is 18.4 Å². The summed E-state index contributed by atoms with van der Waals surface area (Å²) in [6, 6.07) is 11.6. The van der Waals surface area contributed by atoms with E-state index in [0.717, 1.165) is 16.8 Å². The largest absolute Gasteiger partial charge is 0.461 e. The van der Waals surface area contributed by atoms with E-state index in [2.05, 4.69) is 15.1 Å². The summed E-state index contributed by atoms with van der Waals surface area (Å²) in [5.74, 6) is -0.194. The molecule has 0 spiro atoms. The second-order valence-electron chi connectivity index (χ2n) is 5.52. The second-order valence-corrected chi connectivity index (χ2v) is 5.52. The third-order valence-electron chi connectivity index (χ3n) is 3.64. The lowest BCUT2D eigenvalue weighted by Gasteiger charge is -2.03. The van der Waals surface area contributed by atoms with Gasteiger partial charge in [0.1, 0.15) is 12.8 Å². The second kappa shape index (κ2) is 8.63. The lowest BCUT2D eigenvalue weighted by atomic mass is 10.2. The van der Waals surface area contributed by atoms with Gasteiger partial charge in [0.2, 0.25) is 0 Å². The topological polar surface area (TPSA) is 68.9 Å². The first-order valence-corrected chi connectivity index (χ1v) is 8.13. The predicted molar refractivity (Wildman–Crippen MR) is 90.9 cm³/mol. The fourth-order valence-corrected chi connectivity index (χ4v) is 2.31. The molecule has 0 aliphatic heterocycles. The van der Waals surface area contributed by atoms with Crippen LogP contribution in [0.25, 0.3) is 11.3 Å². The summed E-state index contributed by atoms with van der Waals surface area (Å²) in [7, 11) is 0. The maximum atomic E-state index is 11.8. The maximum Gasteiger partial charge on any atom is 0.306 e. The van der Waals surface area contributed by atoms with Crippen LogP contribution in [0, 0.1) is 0 Å².